The molecule has 2 aromatic carbocycles. The predicted molar refractivity (Wildman–Crippen MR) is 74.4 cm³/mol. The van der Waals surface area contributed by atoms with Crippen molar-refractivity contribution >= 4 is 5.91 Å². The molecule has 0 fully saturated rings. The monoisotopic (exact) mass is 305 g/mol. The summed E-state index contributed by atoms with van der Waals surface area (Å²) in [6, 6.07) is 7.67. The maximum Gasteiger partial charge on any atom is 0.258 e. The van der Waals surface area contributed by atoms with Gasteiger partial charge in [-0.25, -0.2) is 8.78 Å². The molecule has 0 radical (unpaired) electrons. The Bertz CT molecular complexity index is 725. The number of rotatable bonds is 2. The van der Waals surface area contributed by atoms with Crippen molar-refractivity contribution < 1.29 is 23.8 Å². The highest BCUT2D eigenvalue weighted by Gasteiger charge is 2.33. The van der Waals surface area contributed by atoms with Gasteiger partial charge in [0.05, 0.1) is 12.1 Å². The van der Waals surface area contributed by atoms with E-state index in [0.717, 1.165) is 11.1 Å². The number of nitrogens with one attached hydrogen (secondary N) is 1. The maximum atomic E-state index is 13.7. The summed E-state index contributed by atoms with van der Waals surface area (Å²) < 4.78 is 26.7. The smallest absolute Gasteiger partial charge is 0.258 e. The summed E-state index contributed by atoms with van der Waals surface area (Å²) in [7, 11) is 0. The van der Waals surface area contributed by atoms with E-state index in [9.17, 15) is 23.8 Å². The Kier molecular flexibility index (Phi) is 3.54. The molecule has 0 unspecified atom stereocenters. The average molecular weight is 305 g/mol. The van der Waals surface area contributed by atoms with Gasteiger partial charge in [0.1, 0.15) is 22.9 Å². The van der Waals surface area contributed by atoms with E-state index in [1.807, 2.05) is 12.1 Å². The molecule has 1 amide bonds. The average Bonchev–Trinajstić information content (AvgIpc) is 2.74. The molecule has 22 heavy (non-hydrogen) atoms. The molecule has 0 spiro atoms. The fourth-order valence-corrected chi connectivity index (χ4v) is 2.75. The predicted octanol–water partition coefficient (Wildman–Crippen LogP) is 2.06. The fourth-order valence-electron chi connectivity index (χ4n) is 2.75. The molecule has 0 saturated carbocycles. The Balaban J connectivity index is 1.90. The first-order chi connectivity index (χ1) is 10.5. The van der Waals surface area contributed by atoms with Gasteiger partial charge in [-0.1, -0.05) is 24.3 Å². The summed E-state index contributed by atoms with van der Waals surface area (Å²) in [6.07, 6.45) is -0.467. The van der Waals surface area contributed by atoms with Crippen molar-refractivity contribution in [2.45, 2.75) is 18.6 Å². The zero-order valence-corrected chi connectivity index (χ0v) is 11.4. The van der Waals surface area contributed by atoms with E-state index >= 15 is 0 Å². The van der Waals surface area contributed by atoms with Crippen LogP contribution in [0.5, 0.6) is 5.75 Å². The van der Waals surface area contributed by atoms with Crippen LogP contribution in [0.25, 0.3) is 0 Å². The normalized spacial score (nSPS) is 19.8. The third-order valence-electron chi connectivity index (χ3n) is 3.75. The maximum absolute atomic E-state index is 13.7. The van der Waals surface area contributed by atoms with E-state index in [-0.39, 0.29) is 0 Å². The minimum Gasteiger partial charge on any atom is -0.507 e. The molecule has 4 nitrogen and oxygen atoms in total. The van der Waals surface area contributed by atoms with E-state index in [2.05, 4.69) is 5.32 Å². The number of benzene rings is 2. The Hall–Kier alpha value is -2.47. The topological polar surface area (TPSA) is 69.6 Å². The van der Waals surface area contributed by atoms with Gasteiger partial charge in [-0.15, -0.1) is 0 Å². The first-order valence-electron chi connectivity index (χ1n) is 6.72. The number of hydrogen-bond donors (Lipinski definition) is 3. The standard InChI is InChI=1S/C16H13F2NO3/c17-9-6-11(18)14(12(20)7-9)16(22)19-15-10-4-2-1-3-8(10)5-13(15)21/h1-4,6-7,13,15,20-21H,5H2,(H,19,22)/t13-,15-/m1/s1. The molecule has 2 aromatic rings. The summed E-state index contributed by atoms with van der Waals surface area (Å²) in [5.74, 6) is -3.82. The Morgan fingerprint density at radius 1 is 1.23 bits per heavy atom. The number of aliphatic hydroxyl groups is 1. The molecule has 3 rings (SSSR count). The van der Waals surface area contributed by atoms with Gasteiger partial charge in [0.15, 0.2) is 0 Å². The summed E-state index contributed by atoms with van der Waals surface area (Å²) in [4.78, 5) is 12.2. The van der Waals surface area contributed by atoms with Crippen LogP contribution in [-0.2, 0) is 6.42 Å². The van der Waals surface area contributed by atoms with Crippen molar-refractivity contribution in [1.82, 2.24) is 5.32 Å². The highest BCUT2D eigenvalue weighted by molar-refractivity contribution is 5.97. The first-order valence-corrected chi connectivity index (χ1v) is 6.72. The molecule has 0 heterocycles. The number of phenolic OH excluding ortho intramolecular Hbond substituents is 1. The minimum atomic E-state index is -1.16. The van der Waals surface area contributed by atoms with Crippen LogP contribution in [0.2, 0.25) is 0 Å². The molecular formula is C16H13F2NO3. The molecule has 3 N–H and O–H groups in total. The number of phenols is 1. The van der Waals surface area contributed by atoms with Gasteiger partial charge < -0.3 is 15.5 Å². The van der Waals surface area contributed by atoms with E-state index in [1.165, 1.54) is 0 Å². The molecule has 1 aliphatic rings. The highest BCUT2D eigenvalue weighted by atomic mass is 19.1. The van der Waals surface area contributed by atoms with E-state index in [4.69, 9.17) is 0 Å². The van der Waals surface area contributed by atoms with Gasteiger partial charge >= 0.3 is 0 Å². The molecular weight excluding hydrogens is 292 g/mol. The van der Waals surface area contributed by atoms with Crippen molar-refractivity contribution in [2.75, 3.05) is 0 Å². The second-order valence-corrected chi connectivity index (χ2v) is 5.20. The summed E-state index contributed by atoms with van der Waals surface area (Å²) in [6.45, 7) is 0. The Labute approximate surface area is 125 Å². The minimum absolute atomic E-state index is 0.374. The largest absolute Gasteiger partial charge is 0.507 e. The zero-order valence-electron chi connectivity index (χ0n) is 11.4. The molecule has 2 atom stereocenters. The first kappa shape index (κ1) is 14.5. The molecule has 1 aliphatic carbocycles. The number of amides is 1. The Morgan fingerprint density at radius 2 is 1.95 bits per heavy atom. The zero-order chi connectivity index (χ0) is 15.9. The van der Waals surface area contributed by atoms with Crippen LogP contribution < -0.4 is 5.32 Å². The number of halogens is 2. The van der Waals surface area contributed by atoms with E-state index in [0.29, 0.717) is 18.6 Å². The second kappa shape index (κ2) is 5.38. The molecule has 0 saturated heterocycles. The lowest BCUT2D eigenvalue weighted by molar-refractivity contribution is 0.0851. The fraction of sp³-hybridized carbons (Fsp3) is 0.188. The Morgan fingerprint density at radius 3 is 2.68 bits per heavy atom. The van der Waals surface area contributed by atoms with Crippen molar-refractivity contribution in [3.8, 4) is 5.75 Å². The van der Waals surface area contributed by atoms with Crippen molar-refractivity contribution in [2.24, 2.45) is 0 Å². The summed E-state index contributed by atoms with van der Waals surface area (Å²) in [5.41, 5.74) is 0.993. The number of carbonyl (C=O) groups is 1. The van der Waals surface area contributed by atoms with Crippen LogP contribution in [0.3, 0.4) is 0 Å². The lowest BCUT2D eigenvalue weighted by atomic mass is 10.1. The van der Waals surface area contributed by atoms with Crippen LogP contribution in [0.1, 0.15) is 27.5 Å². The SMILES string of the molecule is O=C(N[C@@H]1c2ccccc2C[C@H]1O)c1c(O)cc(F)cc1F. The number of aliphatic hydroxyl groups excluding tert-OH is 1. The van der Waals surface area contributed by atoms with Gasteiger partial charge in [-0.3, -0.25) is 4.79 Å². The molecule has 6 heteroatoms. The number of aromatic hydroxyl groups is 1. The van der Waals surface area contributed by atoms with Gasteiger partial charge in [0.2, 0.25) is 0 Å². The molecule has 0 aliphatic heterocycles. The van der Waals surface area contributed by atoms with Crippen molar-refractivity contribution in [3.05, 3.63) is 64.7 Å². The van der Waals surface area contributed by atoms with Crippen molar-refractivity contribution in [1.29, 1.82) is 0 Å². The number of hydrogen-bond acceptors (Lipinski definition) is 3. The van der Waals surface area contributed by atoms with Crippen LogP contribution >= 0.6 is 0 Å². The van der Waals surface area contributed by atoms with Gasteiger partial charge in [0.25, 0.3) is 5.91 Å². The lowest BCUT2D eigenvalue weighted by Crippen LogP contribution is -2.34. The van der Waals surface area contributed by atoms with Crippen molar-refractivity contribution in [3.63, 3.8) is 0 Å². The van der Waals surface area contributed by atoms with Gasteiger partial charge in [0, 0.05) is 18.6 Å². The summed E-state index contributed by atoms with van der Waals surface area (Å²) in [5, 5.41) is 22.1. The van der Waals surface area contributed by atoms with Crippen LogP contribution in [0.4, 0.5) is 8.78 Å². The van der Waals surface area contributed by atoms with Crippen LogP contribution in [0, 0.1) is 11.6 Å². The second-order valence-electron chi connectivity index (χ2n) is 5.20. The third-order valence-corrected chi connectivity index (χ3v) is 3.75. The summed E-state index contributed by atoms with van der Waals surface area (Å²) >= 11 is 0. The molecule has 0 aromatic heterocycles. The molecule has 0 bridgehead atoms. The molecule has 114 valence electrons. The van der Waals surface area contributed by atoms with Crippen LogP contribution in [0.15, 0.2) is 36.4 Å². The van der Waals surface area contributed by atoms with E-state index < -0.39 is 41.0 Å². The number of carbonyl (C=O) groups excluding carboxylic acids is 1. The van der Waals surface area contributed by atoms with Gasteiger partial charge in [-0.2, -0.15) is 0 Å². The number of fused-ring (bicyclic) bond motifs is 1. The third kappa shape index (κ3) is 2.42. The van der Waals surface area contributed by atoms with Gasteiger partial charge in [-0.05, 0) is 11.1 Å². The van der Waals surface area contributed by atoms with E-state index in [1.54, 1.807) is 12.1 Å². The lowest BCUT2D eigenvalue weighted by Gasteiger charge is -2.18. The van der Waals surface area contributed by atoms with Crippen LogP contribution in [-0.4, -0.2) is 22.2 Å². The highest BCUT2D eigenvalue weighted by Crippen LogP contribution is 2.32. The quantitative estimate of drug-likeness (QED) is 0.795.